The second-order valence-corrected chi connectivity index (χ2v) is 7.53. The Morgan fingerprint density at radius 1 is 0.971 bits per heavy atom. The van der Waals surface area contributed by atoms with Gasteiger partial charge in [-0.2, -0.15) is 13.2 Å². The molecule has 2 N–H and O–H groups in total. The Labute approximate surface area is 198 Å². The van der Waals surface area contributed by atoms with Crippen LogP contribution in [0.1, 0.15) is 22.3 Å². The lowest BCUT2D eigenvalue weighted by Crippen LogP contribution is -2.24. The van der Waals surface area contributed by atoms with E-state index in [0.717, 1.165) is 17.2 Å². The van der Waals surface area contributed by atoms with Crippen molar-refractivity contribution >= 4 is 12.1 Å². The smallest absolute Gasteiger partial charge is 0.416 e. The van der Waals surface area contributed by atoms with Crippen molar-refractivity contribution < 1.29 is 41.7 Å². The first kappa shape index (κ1) is 25.5. The maximum absolute atomic E-state index is 13.9. The van der Waals surface area contributed by atoms with Crippen molar-refractivity contribution in [1.29, 1.82) is 0 Å². The van der Waals surface area contributed by atoms with E-state index in [2.05, 4.69) is 5.32 Å². The predicted molar refractivity (Wildman–Crippen MR) is 118 cm³/mol. The Bertz CT molecular complexity index is 1230. The topological polar surface area (TPSA) is 84.9 Å². The van der Waals surface area contributed by atoms with Crippen LogP contribution in [0.3, 0.4) is 0 Å². The van der Waals surface area contributed by atoms with Crippen molar-refractivity contribution in [3.8, 4) is 16.9 Å². The number of aliphatic carboxylic acids is 1. The number of carbonyl (C=O) groups excluding carboxylic acids is 1. The number of alkyl halides is 3. The summed E-state index contributed by atoms with van der Waals surface area (Å²) in [7, 11) is 1.46. The van der Waals surface area contributed by atoms with Gasteiger partial charge in [-0.25, -0.2) is 9.18 Å². The number of halogens is 4. The molecule has 184 valence electrons. The monoisotopic (exact) mass is 491 g/mol. The highest BCUT2D eigenvalue weighted by atomic mass is 19.4. The van der Waals surface area contributed by atoms with Gasteiger partial charge in [0.15, 0.2) is 0 Å². The largest absolute Gasteiger partial charge is 0.496 e. The van der Waals surface area contributed by atoms with Crippen molar-refractivity contribution in [1.82, 2.24) is 5.32 Å². The molecular formula is C25H21F4NO5. The summed E-state index contributed by atoms with van der Waals surface area (Å²) < 4.78 is 62.1. The first-order valence-electron chi connectivity index (χ1n) is 10.3. The van der Waals surface area contributed by atoms with Crippen molar-refractivity contribution in [3.63, 3.8) is 0 Å². The number of alkyl carbamates (subject to hydrolysis) is 1. The minimum absolute atomic E-state index is 0.0137. The van der Waals surface area contributed by atoms with Gasteiger partial charge in [0.05, 0.1) is 19.1 Å². The molecule has 0 saturated heterocycles. The Hall–Kier alpha value is -4.08. The molecule has 0 fully saturated rings. The molecule has 0 saturated carbocycles. The van der Waals surface area contributed by atoms with Crippen LogP contribution in [0.2, 0.25) is 0 Å². The molecule has 0 radical (unpaired) electrons. The summed E-state index contributed by atoms with van der Waals surface area (Å²) in [6.07, 6.45) is -5.70. The van der Waals surface area contributed by atoms with Gasteiger partial charge in [0, 0.05) is 17.7 Å². The molecule has 3 rings (SSSR count). The summed E-state index contributed by atoms with van der Waals surface area (Å²) >= 11 is 0. The van der Waals surface area contributed by atoms with Gasteiger partial charge in [-0.15, -0.1) is 0 Å². The Morgan fingerprint density at radius 2 is 1.71 bits per heavy atom. The lowest BCUT2D eigenvalue weighted by Gasteiger charge is -2.13. The fourth-order valence-electron chi connectivity index (χ4n) is 3.33. The van der Waals surface area contributed by atoms with Crippen LogP contribution in [0.25, 0.3) is 11.1 Å². The van der Waals surface area contributed by atoms with Gasteiger partial charge in [0.1, 0.15) is 18.2 Å². The van der Waals surface area contributed by atoms with Crippen molar-refractivity contribution in [2.75, 3.05) is 7.11 Å². The number of nitrogens with one attached hydrogen (secondary N) is 1. The molecule has 0 aliphatic rings. The van der Waals surface area contributed by atoms with Crippen molar-refractivity contribution in [3.05, 3.63) is 88.7 Å². The number of rotatable bonds is 8. The number of amides is 1. The number of ether oxygens (including phenoxy) is 2. The van der Waals surface area contributed by atoms with Gasteiger partial charge in [-0.3, -0.25) is 4.79 Å². The van der Waals surface area contributed by atoms with Crippen LogP contribution in [0.15, 0.2) is 60.7 Å². The standard InChI is InChI=1S/C25H21F4NO5/c1-34-22-8-6-17(16-4-2-3-15(9-16)10-23(31)32)11-19(22)13-30-24(33)35-14-18-5-7-20(12-21(18)26)25(27,28)29/h2-9,11-12H,10,13-14H2,1H3,(H,30,33)(H,31,32). The molecule has 10 heteroatoms. The molecule has 6 nitrogen and oxygen atoms in total. The summed E-state index contributed by atoms with van der Waals surface area (Å²) in [6, 6.07) is 14.2. The summed E-state index contributed by atoms with van der Waals surface area (Å²) in [5, 5.41) is 11.5. The number of hydrogen-bond donors (Lipinski definition) is 2. The minimum Gasteiger partial charge on any atom is -0.496 e. The highest BCUT2D eigenvalue weighted by Crippen LogP contribution is 2.30. The molecule has 1 amide bonds. The van der Waals surface area contributed by atoms with Crippen LogP contribution in [0.4, 0.5) is 22.4 Å². The number of benzene rings is 3. The van der Waals surface area contributed by atoms with Gasteiger partial charge in [0.25, 0.3) is 0 Å². The molecule has 0 unspecified atom stereocenters. The lowest BCUT2D eigenvalue weighted by molar-refractivity contribution is -0.138. The van der Waals surface area contributed by atoms with E-state index in [1.165, 1.54) is 7.11 Å². The number of hydrogen-bond acceptors (Lipinski definition) is 4. The third-order valence-corrected chi connectivity index (χ3v) is 5.06. The Balaban J connectivity index is 1.66. The van der Waals surface area contributed by atoms with Gasteiger partial charge in [-0.1, -0.05) is 36.4 Å². The molecule has 0 aliphatic heterocycles. The number of methoxy groups -OCH3 is 1. The van der Waals surface area contributed by atoms with Gasteiger partial charge >= 0.3 is 18.2 Å². The zero-order valence-electron chi connectivity index (χ0n) is 18.5. The molecular weight excluding hydrogens is 470 g/mol. The van der Waals surface area contributed by atoms with E-state index in [4.69, 9.17) is 14.6 Å². The van der Waals surface area contributed by atoms with E-state index in [1.54, 1.807) is 36.4 Å². The number of carboxylic acid groups (broad SMARTS) is 1. The van der Waals surface area contributed by atoms with Crippen LogP contribution in [-0.4, -0.2) is 24.3 Å². The van der Waals surface area contributed by atoms with E-state index in [-0.39, 0.29) is 18.5 Å². The molecule has 0 aliphatic carbocycles. The number of carbonyl (C=O) groups is 2. The Kier molecular flexibility index (Phi) is 7.95. The van der Waals surface area contributed by atoms with Crippen molar-refractivity contribution in [2.45, 2.75) is 25.7 Å². The maximum atomic E-state index is 13.9. The van der Waals surface area contributed by atoms with Crippen molar-refractivity contribution in [2.24, 2.45) is 0 Å². The fourth-order valence-corrected chi connectivity index (χ4v) is 3.33. The zero-order valence-corrected chi connectivity index (χ0v) is 18.5. The highest BCUT2D eigenvalue weighted by Gasteiger charge is 2.31. The Morgan fingerprint density at radius 3 is 2.37 bits per heavy atom. The normalized spacial score (nSPS) is 11.1. The first-order chi connectivity index (χ1) is 16.6. The molecule has 0 atom stereocenters. The van der Waals surface area contributed by atoms with Crippen LogP contribution < -0.4 is 10.1 Å². The fraction of sp³-hybridized carbons (Fsp3) is 0.200. The quantitative estimate of drug-likeness (QED) is 0.403. The predicted octanol–water partition coefficient (Wildman–Crippen LogP) is 5.57. The van der Waals surface area contributed by atoms with Crippen LogP contribution in [-0.2, 0) is 35.3 Å². The van der Waals surface area contributed by atoms with Gasteiger partial charge in [0.2, 0.25) is 0 Å². The molecule has 3 aromatic carbocycles. The molecule has 0 spiro atoms. The maximum Gasteiger partial charge on any atom is 0.416 e. The van der Waals surface area contributed by atoms with Crippen LogP contribution in [0.5, 0.6) is 5.75 Å². The van der Waals surface area contributed by atoms with Gasteiger partial charge in [-0.05, 0) is 41.0 Å². The minimum atomic E-state index is -4.68. The molecule has 3 aromatic rings. The summed E-state index contributed by atoms with van der Waals surface area (Å²) in [5.41, 5.74) is 1.41. The first-order valence-corrected chi connectivity index (χ1v) is 10.3. The zero-order chi connectivity index (χ0) is 25.6. The molecule has 0 heterocycles. The SMILES string of the molecule is COc1ccc(-c2cccc(CC(=O)O)c2)cc1CNC(=O)OCc1ccc(C(F)(F)F)cc1F. The van der Waals surface area contributed by atoms with Crippen LogP contribution >= 0.6 is 0 Å². The second-order valence-electron chi connectivity index (χ2n) is 7.53. The summed E-state index contributed by atoms with van der Waals surface area (Å²) in [5.74, 6) is -1.60. The molecule has 35 heavy (non-hydrogen) atoms. The lowest BCUT2D eigenvalue weighted by atomic mass is 9.99. The molecule has 0 bridgehead atoms. The second kappa shape index (κ2) is 10.9. The number of carboxylic acids is 1. The van der Waals surface area contributed by atoms with E-state index in [0.29, 0.717) is 29.0 Å². The van der Waals surface area contributed by atoms with E-state index in [1.807, 2.05) is 6.07 Å². The third kappa shape index (κ3) is 6.95. The average Bonchev–Trinajstić information content (AvgIpc) is 2.80. The average molecular weight is 491 g/mol. The third-order valence-electron chi connectivity index (χ3n) is 5.06. The van der Waals surface area contributed by atoms with E-state index < -0.39 is 36.2 Å². The van der Waals surface area contributed by atoms with Crippen LogP contribution in [0, 0.1) is 5.82 Å². The highest BCUT2D eigenvalue weighted by molar-refractivity contribution is 5.73. The van der Waals surface area contributed by atoms with E-state index in [9.17, 15) is 27.2 Å². The summed E-state index contributed by atoms with van der Waals surface area (Å²) in [4.78, 5) is 23.1. The van der Waals surface area contributed by atoms with Gasteiger partial charge < -0.3 is 19.9 Å². The summed E-state index contributed by atoms with van der Waals surface area (Å²) in [6.45, 7) is -0.566. The molecule has 0 aromatic heterocycles. The van der Waals surface area contributed by atoms with E-state index >= 15 is 0 Å².